The number of benzene rings is 2. The molecule has 3 rings (SSSR count). The van der Waals surface area contributed by atoms with Crippen LogP contribution in [0.2, 0.25) is 0 Å². The highest BCUT2D eigenvalue weighted by Crippen LogP contribution is 2.37. The summed E-state index contributed by atoms with van der Waals surface area (Å²) in [6, 6.07) is 10.5. The standard InChI is InChI=1S/C21H20O4/c1-13-4-6-14(7-5-13)8-9-17(22)15-10-16-19(24)12-21(2,3)25-20(16)11-18(15)23/h4-11,23H,12H2,1-3H3/b9-8+. The molecule has 0 radical (unpaired) electrons. The molecule has 0 saturated heterocycles. The van der Waals surface area contributed by atoms with Crippen LogP contribution < -0.4 is 4.74 Å². The van der Waals surface area contributed by atoms with E-state index in [0.717, 1.165) is 11.1 Å². The SMILES string of the molecule is Cc1ccc(/C=C/C(=O)c2cc3c(cc2O)OC(C)(C)CC3=O)cc1. The number of hydrogen-bond acceptors (Lipinski definition) is 4. The maximum atomic E-state index is 12.4. The van der Waals surface area contributed by atoms with Crippen molar-refractivity contribution < 1.29 is 19.4 Å². The average Bonchev–Trinajstić information content (AvgIpc) is 2.52. The van der Waals surface area contributed by atoms with Crippen molar-refractivity contribution in [2.75, 3.05) is 0 Å². The number of hydrogen-bond donors (Lipinski definition) is 1. The molecular formula is C21H20O4. The summed E-state index contributed by atoms with van der Waals surface area (Å²) in [7, 11) is 0. The molecule has 4 nitrogen and oxygen atoms in total. The van der Waals surface area contributed by atoms with Crippen LogP contribution in [0.5, 0.6) is 11.5 Å². The molecule has 1 aliphatic heterocycles. The summed E-state index contributed by atoms with van der Waals surface area (Å²) in [5, 5.41) is 10.2. The van der Waals surface area contributed by atoms with E-state index in [-0.39, 0.29) is 29.3 Å². The van der Waals surface area contributed by atoms with Crippen molar-refractivity contribution in [3.63, 3.8) is 0 Å². The molecule has 0 aromatic heterocycles. The normalized spacial score (nSPS) is 15.7. The van der Waals surface area contributed by atoms with Gasteiger partial charge in [-0.25, -0.2) is 0 Å². The fourth-order valence-electron chi connectivity index (χ4n) is 2.82. The van der Waals surface area contributed by atoms with Crippen LogP contribution in [0.1, 0.15) is 52.1 Å². The first-order valence-electron chi connectivity index (χ1n) is 8.13. The van der Waals surface area contributed by atoms with Gasteiger partial charge in [0, 0.05) is 6.07 Å². The van der Waals surface area contributed by atoms with E-state index >= 15 is 0 Å². The second-order valence-electron chi connectivity index (χ2n) is 6.94. The molecule has 1 aliphatic rings. The molecule has 2 aromatic carbocycles. The van der Waals surface area contributed by atoms with Gasteiger partial charge in [-0.05, 0) is 38.5 Å². The largest absolute Gasteiger partial charge is 0.507 e. The number of carbonyl (C=O) groups is 2. The summed E-state index contributed by atoms with van der Waals surface area (Å²) in [4.78, 5) is 24.7. The third-order valence-corrected chi connectivity index (χ3v) is 4.14. The maximum Gasteiger partial charge on any atom is 0.189 e. The molecule has 1 N–H and O–H groups in total. The lowest BCUT2D eigenvalue weighted by molar-refractivity contribution is 0.0619. The number of ketones is 2. The molecule has 0 fully saturated rings. The molecule has 25 heavy (non-hydrogen) atoms. The van der Waals surface area contributed by atoms with Gasteiger partial charge in [0.1, 0.15) is 17.1 Å². The molecule has 1 heterocycles. The van der Waals surface area contributed by atoms with Gasteiger partial charge in [0.2, 0.25) is 0 Å². The molecule has 128 valence electrons. The topological polar surface area (TPSA) is 63.6 Å². The van der Waals surface area contributed by atoms with Gasteiger partial charge in [-0.3, -0.25) is 9.59 Å². The predicted octanol–water partition coefficient (Wildman–Crippen LogP) is 4.34. The monoisotopic (exact) mass is 336 g/mol. The van der Waals surface area contributed by atoms with Gasteiger partial charge in [-0.15, -0.1) is 0 Å². The van der Waals surface area contributed by atoms with Crippen molar-refractivity contribution in [3.8, 4) is 11.5 Å². The van der Waals surface area contributed by atoms with Gasteiger partial charge in [0.15, 0.2) is 11.6 Å². The minimum Gasteiger partial charge on any atom is -0.507 e. The van der Waals surface area contributed by atoms with Crippen LogP contribution in [-0.4, -0.2) is 22.3 Å². The van der Waals surface area contributed by atoms with E-state index in [1.165, 1.54) is 18.2 Å². The van der Waals surface area contributed by atoms with Gasteiger partial charge in [-0.2, -0.15) is 0 Å². The Kier molecular flexibility index (Phi) is 4.21. The Morgan fingerprint density at radius 1 is 1.20 bits per heavy atom. The Morgan fingerprint density at radius 2 is 1.88 bits per heavy atom. The van der Waals surface area contributed by atoms with Crippen LogP contribution >= 0.6 is 0 Å². The average molecular weight is 336 g/mol. The second-order valence-corrected chi connectivity index (χ2v) is 6.94. The Morgan fingerprint density at radius 3 is 2.56 bits per heavy atom. The Bertz CT molecular complexity index is 874. The lowest BCUT2D eigenvalue weighted by Crippen LogP contribution is -2.36. The Labute approximate surface area is 146 Å². The fourth-order valence-corrected chi connectivity index (χ4v) is 2.82. The minimum absolute atomic E-state index is 0.0946. The molecule has 0 unspecified atom stereocenters. The Hall–Kier alpha value is -2.88. The van der Waals surface area contributed by atoms with Crippen LogP contribution in [0.25, 0.3) is 6.08 Å². The molecular weight excluding hydrogens is 316 g/mol. The summed E-state index contributed by atoms with van der Waals surface area (Å²) in [5.41, 5.74) is 1.84. The predicted molar refractivity (Wildman–Crippen MR) is 96.3 cm³/mol. The number of allylic oxidation sites excluding steroid dienone is 1. The highest BCUT2D eigenvalue weighted by atomic mass is 16.5. The zero-order valence-corrected chi connectivity index (χ0v) is 14.5. The lowest BCUT2D eigenvalue weighted by Gasteiger charge is -2.31. The van der Waals surface area contributed by atoms with E-state index in [1.54, 1.807) is 6.08 Å². The third-order valence-electron chi connectivity index (χ3n) is 4.14. The van der Waals surface area contributed by atoms with Gasteiger partial charge in [-0.1, -0.05) is 35.9 Å². The molecule has 0 amide bonds. The third kappa shape index (κ3) is 3.63. The highest BCUT2D eigenvalue weighted by molar-refractivity contribution is 6.11. The van der Waals surface area contributed by atoms with E-state index in [0.29, 0.717) is 11.3 Å². The van der Waals surface area contributed by atoms with Crippen molar-refractivity contribution in [1.82, 2.24) is 0 Å². The number of fused-ring (bicyclic) bond motifs is 1. The van der Waals surface area contributed by atoms with Crippen molar-refractivity contribution in [1.29, 1.82) is 0 Å². The first kappa shape index (κ1) is 17.0. The highest BCUT2D eigenvalue weighted by Gasteiger charge is 2.33. The van der Waals surface area contributed by atoms with Gasteiger partial charge in [0.05, 0.1) is 17.5 Å². The molecule has 0 saturated carbocycles. The zero-order valence-electron chi connectivity index (χ0n) is 14.5. The number of aryl methyl sites for hydroxylation is 1. The van der Waals surface area contributed by atoms with Crippen LogP contribution in [0.3, 0.4) is 0 Å². The number of Topliss-reactive ketones (excluding diaryl/α,β-unsaturated/α-hetero) is 1. The molecule has 0 atom stereocenters. The van der Waals surface area contributed by atoms with Crippen LogP contribution in [0.4, 0.5) is 0 Å². The number of rotatable bonds is 3. The molecule has 0 spiro atoms. The fraction of sp³-hybridized carbons (Fsp3) is 0.238. The number of phenols is 1. The minimum atomic E-state index is -0.618. The number of aromatic hydroxyl groups is 1. The van der Waals surface area contributed by atoms with Crippen LogP contribution in [0.15, 0.2) is 42.5 Å². The van der Waals surface area contributed by atoms with Crippen molar-refractivity contribution in [2.24, 2.45) is 0 Å². The number of phenolic OH excluding ortho intramolecular Hbond substituents is 1. The molecule has 0 aliphatic carbocycles. The van der Waals surface area contributed by atoms with E-state index in [1.807, 2.05) is 45.0 Å². The van der Waals surface area contributed by atoms with E-state index in [4.69, 9.17) is 4.74 Å². The Balaban J connectivity index is 1.90. The lowest BCUT2D eigenvalue weighted by atomic mass is 9.91. The molecule has 2 aromatic rings. The second kappa shape index (κ2) is 6.20. The number of ether oxygens (including phenoxy) is 1. The summed E-state index contributed by atoms with van der Waals surface area (Å²) in [5.74, 6) is -0.332. The van der Waals surface area contributed by atoms with Gasteiger partial charge < -0.3 is 9.84 Å². The van der Waals surface area contributed by atoms with E-state index in [9.17, 15) is 14.7 Å². The quantitative estimate of drug-likeness (QED) is 0.669. The van der Waals surface area contributed by atoms with Gasteiger partial charge >= 0.3 is 0 Å². The maximum absolute atomic E-state index is 12.4. The summed E-state index contributed by atoms with van der Waals surface area (Å²) >= 11 is 0. The summed E-state index contributed by atoms with van der Waals surface area (Å²) in [6.45, 7) is 5.62. The first-order chi connectivity index (χ1) is 11.7. The molecule has 4 heteroatoms. The zero-order chi connectivity index (χ0) is 18.2. The van der Waals surface area contributed by atoms with Crippen LogP contribution in [0, 0.1) is 6.92 Å². The van der Waals surface area contributed by atoms with Gasteiger partial charge in [0.25, 0.3) is 0 Å². The number of carbonyl (C=O) groups excluding carboxylic acids is 2. The van der Waals surface area contributed by atoms with Crippen molar-refractivity contribution in [2.45, 2.75) is 32.8 Å². The van der Waals surface area contributed by atoms with E-state index < -0.39 is 5.60 Å². The summed E-state index contributed by atoms with van der Waals surface area (Å²) < 4.78 is 5.74. The van der Waals surface area contributed by atoms with Crippen molar-refractivity contribution >= 4 is 17.6 Å². The first-order valence-corrected chi connectivity index (χ1v) is 8.13. The van der Waals surface area contributed by atoms with Crippen molar-refractivity contribution in [3.05, 3.63) is 64.7 Å². The summed E-state index contributed by atoms with van der Waals surface area (Å²) in [6.07, 6.45) is 3.31. The smallest absolute Gasteiger partial charge is 0.189 e. The molecule has 0 bridgehead atoms. The van der Waals surface area contributed by atoms with Crippen LogP contribution in [-0.2, 0) is 0 Å². The van der Waals surface area contributed by atoms with E-state index in [2.05, 4.69) is 0 Å².